The summed E-state index contributed by atoms with van der Waals surface area (Å²) >= 11 is 0. The molecule has 2 rings (SSSR count). The molecule has 1 fully saturated rings. The van der Waals surface area contributed by atoms with Crippen molar-refractivity contribution in [3.8, 4) is 0 Å². The third kappa shape index (κ3) is 5.40. The molecule has 0 saturated carbocycles. The van der Waals surface area contributed by atoms with Crippen LogP contribution in [0, 0.1) is 11.1 Å². The maximum Gasteiger partial charge on any atom is 0.323 e. The number of nitrogens with zero attached hydrogens (tertiary/aromatic N) is 2. The summed E-state index contributed by atoms with van der Waals surface area (Å²) in [4.78, 5) is 23.1. The molecule has 0 spiro atoms. The Kier molecular flexibility index (Phi) is 7.33. The Labute approximate surface area is 164 Å². The first kappa shape index (κ1) is 22.1. The van der Waals surface area contributed by atoms with Crippen molar-refractivity contribution in [2.24, 2.45) is 11.7 Å². The first-order valence-electron chi connectivity index (χ1n) is 9.08. The van der Waals surface area contributed by atoms with Crippen LogP contribution in [0.25, 0.3) is 0 Å². The van der Waals surface area contributed by atoms with Crippen molar-refractivity contribution in [3.05, 3.63) is 29.6 Å². The van der Waals surface area contributed by atoms with Crippen LogP contribution in [0.15, 0.2) is 29.4 Å². The Morgan fingerprint density at radius 2 is 2.18 bits per heavy atom. The summed E-state index contributed by atoms with van der Waals surface area (Å²) in [5, 5.41) is 24.5. The van der Waals surface area contributed by atoms with Gasteiger partial charge in [-0.2, -0.15) is 9.04 Å². The van der Waals surface area contributed by atoms with Gasteiger partial charge in [0.15, 0.2) is 6.20 Å². The molecule has 1 saturated heterocycles. The molecule has 0 aromatic carbocycles. The number of hydrogen-bond acceptors (Lipinski definition) is 6. The summed E-state index contributed by atoms with van der Waals surface area (Å²) < 4.78 is 26.8. The number of sulfonamides is 1. The lowest BCUT2D eigenvalue weighted by atomic mass is 10.0. The second-order valence-electron chi connectivity index (χ2n) is 6.95. The number of carbonyl (C=O) groups is 2. The number of hydrogen-bond donors (Lipinski definition) is 3. The average molecular weight is 414 g/mol. The molecule has 11 heteroatoms. The summed E-state index contributed by atoms with van der Waals surface area (Å²) in [5.41, 5.74) is 5.17. The van der Waals surface area contributed by atoms with E-state index in [-0.39, 0.29) is 30.1 Å². The summed E-state index contributed by atoms with van der Waals surface area (Å²) in [5.74, 6) is -1.26. The summed E-state index contributed by atoms with van der Waals surface area (Å²) in [6, 6.07) is 3.46. The number of rotatable bonds is 7. The van der Waals surface area contributed by atoms with Gasteiger partial charge in [0, 0.05) is 37.6 Å². The highest BCUT2D eigenvalue weighted by Gasteiger charge is 2.36. The molecule has 1 aromatic rings. The number of primary amides is 1. The van der Waals surface area contributed by atoms with Gasteiger partial charge in [0.1, 0.15) is 0 Å². The number of carbonyl (C=O) groups excluding carboxylic acids is 2. The molecule has 3 atom stereocenters. The van der Waals surface area contributed by atoms with E-state index in [2.05, 4.69) is 5.32 Å². The van der Waals surface area contributed by atoms with Gasteiger partial charge in [0.25, 0.3) is 0 Å². The minimum atomic E-state index is -4.07. The summed E-state index contributed by atoms with van der Waals surface area (Å²) in [6.07, 6.45) is 1.13. The third-order valence-electron chi connectivity index (χ3n) is 4.81. The van der Waals surface area contributed by atoms with E-state index in [9.17, 15) is 28.3 Å². The maximum absolute atomic E-state index is 12.7. The topological polar surface area (TPSA) is 157 Å². The zero-order valence-electron chi connectivity index (χ0n) is 15.7. The zero-order chi connectivity index (χ0) is 20.9. The van der Waals surface area contributed by atoms with E-state index >= 15 is 0 Å². The van der Waals surface area contributed by atoms with E-state index < -0.39 is 39.0 Å². The third-order valence-corrected chi connectivity index (χ3v) is 6.66. The molecule has 28 heavy (non-hydrogen) atoms. The molecule has 1 aliphatic rings. The monoisotopic (exact) mass is 414 g/mol. The van der Waals surface area contributed by atoms with E-state index in [4.69, 9.17) is 5.73 Å². The number of pyridine rings is 1. The molecule has 0 bridgehead atoms. The highest BCUT2D eigenvalue weighted by molar-refractivity contribution is 7.88. The van der Waals surface area contributed by atoms with Gasteiger partial charge in [-0.15, -0.1) is 0 Å². The number of nitrogens with one attached hydrogen (secondary N) is 1. The van der Waals surface area contributed by atoms with Crippen molar-refractivity contribution >= 4 is 21.8 Å². The van der Waals surface area contributed by atoms with Crippen LogP contribution >= 0.6 is 0 Å². The number of aliphatic hydroxyl groups excluding tert-OH is 1. The van der Waals surface area contributed by atoms with Gasteiger partial charge in [-0.1, -0.05) is 6.92 Å². The van der Waals surface area contributed by atoms with Gasteiger partial charge < -0.3 is 21.4 Å². The molecular weight excluding hydrogens is 388 g/mol. The Morgan fingerprint density at radius 3 is 2.82 bits per heavy atom. The van der Waals surface area contributed by atoms with Crippen molar-refractivity contribution in [2.45, 2.75) is 49.8 Å². The second-order valence-corrected chi connectivity index (χ2v) is 8.84. The summed E-state index contributed by atoms with van der Waals surface area (Å²) in [7, 11) is -4.07. The van der Waals surface area contributed by atoms with Gasteiger partial charge in [0.2, 0.25) is 11.8 Å². The average Bonchev–Trinajstić information content (AvgIpc) is 2.82. The Morgan fingerprint density at radius 1 is 1.46 bits per heavy atom. The standard InChI is InChI=1S/C17H26N4O6S/c1-12(17(18)24)7-8-15(23)19-13-5-4-9-20(11-14(13)22)28(26,27)16-6-2-3-10-21(16)25/h2-3,6,10,12-14,22H,4-5,7-9,11H2,1H3,(H2,18,24)(H,19,23)/t12?,13?,14-/m0/s1. The van der Waals surface area contributed by atoms with Gasteiger partial charge >= 0.3 is 15.0 Å². The van der Waals surface area contributed by atoms with Crippen molar-refractivity contribution < 1.29 is 27.8 Å². The molecule has 2 unspecified atom stereocenters. The predicted molar refractivity (Wildman–Crippen MR) is 98.9 cm³/mol. The lowest BCUT2D eigenvalue weighted by Gasteiger charge is -2.24. The quantitative estimate of drug-likeness (QED) is 0.378. The lowest BCUT2D eigenvalue weighted by molar-refractivity contribution is -0.646. The minimum Gasteiger partial charge on any atom is -0.618 e. The van der Waals surface area contributed by atoms with E-state index in [1.165, 1.54) is 18.2 Å². The molecule has 4 N–H and O–H groups in total. The summed E-state index contributed by atoms with van der Waals surface area (Å²) in [6.45, 7) is 1.52. The minimum absolute atomic E-state index is 0.0789. The fourth-order valence-electron chi connectivity index (χ4n) is 3.01. The fraction of sp³-hybridized carbons (Fsp3) is 0.588. The number of amides is 2. The highest BCUT2D eigenvalue weighted by Crippen LogP contribution is 2.19. The molecule has 0 aliphatic carbocycles. The van der Waals surface area contributed by atoms with Crippen LogP contribution in [-0.2, 0) is 19.6 Å². The number of aliphatic hydroxyl groups is 1. The van der Waals surface area contributed by atoms with Crippen molar-refractivity contribution in [1.29, 1.82) is 0 Å². The van der Waals surface area contributed by atoms with E-state index in [1.807, 2.05) is 0 Å². The van der Waals surface area contributed by atoms with Gasteiger partial charge in [-0.3, -0.25) is 9.59 Å². The van der Waals surface area contributed by atoms with Gasteiger partial charge in [-0.05, 0) is 25.3 Å². The molecule has 2 heterocycles. The molecule has 1 aromatic heterocycles. The molecule has 0 radical (unpaired) electrons. The van der Waals surface area contributed by atoms with E-state index in [1.54, 1.807) is 6.92 Å². The van der Waals surface area contributed by atoms with Crippen LogP contribution in [-0.4, -0.2) is 54.9 Å². The normalized spacial score (nSPS) is 22.2. The molecule has 1 aliphatic heterocycles. The predicted octanol–water partition coefficient (Wildman–Crippen LogP) is -1.15. The molecule has 10 nitrogen and oxygen atoms in total. The van der Waals surface area contributed by atoms with Crippen LogP contribution in [0.4, 0.5) is 0 Å². The number of aromatic nitrogens is 1. The van der Waals surface area contributed by atoms with Crippen LogP contribution in [0.1, 0.15) is 32.6 Å². The number of β-amino-alcohol motifs (C(OH)–C–C–N with tert-alkyl or cyclic N) is 1. The Balaban J connectivity index is 2.01. The largest absolute Gasteiger partial charge is 0.618 e. The maximum atomic E-state index is 12.7. The van der Waals surface area contributed by atoms with Crippen molar-refractivity contribution in [1.82, 2.24) is 9.62 Å². The first-order valence-corrected chi connectivity index (χ1v) is 10.5. The second kappa shape index (κ2) is 9.30. The highest BCUT2D eigenvalue weighted by atomic mass is 32.2. The van der Waals surface area contributed by atoms with Crippen LogP contribution in [0.2, 0.25) is 0 Å². The molecule has 156 valence electrons. The van der Waals surface area contributed by atoms with Crippen molar-refractivity contribution in [2.75, 3.05) is 13.1 Å². The van der Waals surface area contributed by atoms with Gasteiger partial charge in [-0.25, -0.2) is 8.42 Å². The zero-order valence-corrected chi connectivity index (χ0v) is 16.5. The van der Waals surface area contributed by atoms with E-state index in [0.29, 0.717) is 19.3 Å². The lowest BCUT2D eigenvalue weighted by Crippen LogP contribution is -2.48. The first-order chi connectivity index (χ1) is 13.1. The molecular formula is C17H26N4O6S. The van der Waals surface area contributed by atoms with Crippen LogP contribution in [0.3, 0.4) is 0 Å². The van der Waals surface area contributed by atoms with Crippen molar-refractivity contribution in [3.63, 3.8) is 0 Å². The Hall–Kier alpha value is -2.24. The smallest absolute Gasteiger partial charge is 0.323 e. The number of nitrogens with two attached hydrogens (primary N) is 1. The molecule has 2 amide bonds. The van der Waals surface area contributed by atoms with Crippen LogP contribution in [0.5, 0.6) is 0 Å². The Bertz CT molecular complexity index is 816. The van der Waals surface area contributed by atoms with E-state index in [0.717, 1.165) is 10.5 Å². The SMILES string of the molecule is CC(CCC(=O)NC1CCCN(S(=O)(=O)c2cccc[n+]2[O-])C[C@@H]1O)C(N)=O. The fourth-order valence-corrected chi connectivity index (χ4v) is 4.53. The van der Waals surface area contributed by atoms with Crippen LogP contribution < -0.4 is 15.8 Å². The van der Waals surface area contributed by atoms with Gasteiger partial charge in [0.05, 0.1) is 12.1 Å².